The van der Waals surface area contributed by atoms with Gasteiger partial charge in [-0.2, -0.15) is 9.78 Å². The number of piperidine rings is 1. The van der Waals surface area contributed by atoms with Crippen molar-refractivity contribution in [2.75, 3.05) is 26.2 Å². The van der Waals surface area contributed by atoms with Crippen LogP contribution in [0.25, 0.3) is 5.69 Å². The number of amides is 1. The van der Waals surface area contributed by atoms with E-state index in [0.717, 1.165) is 32.6 Å². The van der Waals surface area contributed by atoms with Crippen molar-refractivity contribution in [1.29, 1.82) is 0 Å². The van der Waals surface area contributed by atoms with Gasteiger partial charge in [-0.3, -0.25) is 14.5 Å². The van der Waals surface area contributed by atoms with E-state index in [2.05, 4.69) is 10.00 Å². The predicted molar refractivity (Wildman–Crippen MR) is 94.9 cm³/mol. The Hall–Kier alpha value is -2.47. The van der Waals surface area contributed by atoms with E-state index in [-0.39, 0.29) is 11.5 Å². The van der Waals surface area contributed by atoms with Gasteiger partial charge >= 0.3 is 0 Å². The summed E-state index contributed by atoms with van der Waals surface area (Å²) in [6.07, 6.45) is 3.65. The zero-order valence-electron chi connectivity index (χ0n) is 14.2. The highest BCUT2D eigenvalue weighted by molar-refractivity contribution is 5.92. The van der Waals surface area contributed by atoms with Crippen LogP contribution in [-0.4, -0.2) is 57.7 Å². The molecule has 130 valence electrons. The number of aromatic nitrogens is 2. The van der Waals surface area contributed by atoms with Gasteiger partial charge in [-0.25, -0.2) is 0 Å². The molecule has 4 rings (SSSR count). The van der Waals surface area contributed by atoms with Gasteiger partial charge in [0.1, 0.15) is 5.69 Å². The van der Waals surface area contributed by atoms with Crippen molar-refractivity contribution in [2.45, 2.75) is 25.3 Å². The molecule has 0 spiro atoms. The Labute approximate surface area is 146 Å². The third kappa shape index (κ3) is 3.22. The summed E-state index contributed by atoms with van der Waals surface area (Å²) in [6.45, 7) is 3.55. The third-order valence-corrected chi connectivity index (χ3v) is 5.14. The summed E-state index contributed by atoms with van der Waals surface area (Å²) < 4.78 is 1.30. The van der Waals surface area contributed by atoms with E-state index < -0.39 is 0 Å². The molecule has 3 heterocycles. The van der Waals surface area contributed by atoms with Crippen molar-refractivity contribution in [3.63, 3.8) is 0 Å². The van der Waals surface area contributed by atoms with Crippen molar-refractivity contribution >= 4 is 5.91 Å². The molecule has 2 saturated heterocycles. The molecule has 2 aliphatic rings. The molecule has 0 saturated carbocycles. The second-order valence-electron chi connectivity index (χ2n) is 6.74. The average molecular weight is 338 g/mol. The maximum absolute atomic E-state index is 12.9. The maximum Gasteiger partial charge on any atom is 0.274 e. The van der Waals surface area contributed by atoms with E-state index in [0.29, 0.717) is 17.4 Å². The molecule has 1 aromatic carbocycles. The summed E-state index contributed by atoms with van der Waals surface area (Å²) in [4.78, 5) is 29.4. The zero-order valence-corrected chi connectivity index (χ0v) is 14.2. The lowest BCUT2D eigenvalue weighted by atomic mass is 9.99. The summed E-state index contributed by atoms with van der Waals surface area (Å²) in [5.41, 5.74) is 0.756. The van der Waals surface area contributed by atoms with E-state index >= 15 is 0 Å². The van der Waals surface area contributed by atoms with Gasteiger partial charge in [0.15, 0.2) is 0 Å². The van der Waals surface area contributed by atoms with Crippen LogP contribution in [-0.2, 0) is 0 Å². The summed E-state index contributed by atoms with van der Waals surface area (Å²) >= 11 is 0. The maximum atomic E-state index is 12.9. The minimum Gasteiger partial charge on any atom is -0.334 e. The summed E-state index contributed by atoms with van der Waals surface area (Å²) in [6, 6.07) is 12.6. The molecule has 0 radical (unpaired) electrons. The second kappa shape index (κ2) is 6.80. The fourth-order valence-electron chi connectivity index (χ4n) is 3.78. The number of nitrogens with zero attached hydrogens (tertiary/aromatic N) is 4. The largest absolute Gasteiger partial charge is 0.334 e. The SMILES string of the molecule is O=C(c1ccc(=O)n(-c2ccccc2)n1)N1CCN2CCCC[C@@H]2C1. The second-order valence-corrected chi connectivity index (χ2v) is 6.74. The van der Waals surface area contributed by atoms with Crippen LogP contribution in [0.1, 0.15) is 29.8 Å². The molecule has 6 heteroatoms. The number of fused-ring (bicyclic) bond motifs is 1. The van der Waals surface area contributed by atoms with Gasteiger partial charge in [-0.1, -0.05) is 24.6 Å². The van der Waals surface area contributed by atoms with E-state index in [9.17, 15) is 9.59 Å². The molecule has 1 aromatic heterocycles. The number of carbonyl (C=O) groups is 1. The van der Waals surface area contributed by atoms with Crippen molar-refractivity contribution < 1.29 is 4.79 Å². The molecule has 0 bridgehead atoms. The van der Waals surface area contributed by atoms with Crippen LogP contribution in [0.3, 0.4) is 0 Å². The quantitative estimate of drug-likeness (QED) is 0.833. The number of para-hydroxylation sites is 1. The number of benzene rings is 1. The average Bonchev–Trinajstić information content (AvgIpc) is 2.68. The molecule has 2 fully saturated rings. The predicted octanol–water partition coefficient (Wildman–Crippen LogP) is 1.54. The fraction of sp³-hybridized carbons (Fsp3) is 0.421. The van der Waals surface area contributed by atoms with Crippen LogP contribution >= 0.6 is 0 Å². The normalized spacial score (nSPS) is 21.0. The summed E-state index contributed by atoms with van der Waals surface area (Å²) in [7, 11) is 0. The fourth-order valence-corrected chi connectivity index (χ4v) is 3.78. The Kier molecular flexibility index (Phi) is 4.36. The van der Waals surface area contributed by atoms with Crippen LogP contribution in [0.4, 0.5) is 0 Å². The van der Waals surface area contributed by atoms with Gasteiger partial charge in [0.05, 0.1) is 5.69 Å². The van der Waals surface area contributed by atoms with Crippen molar-refractivity contribution in [2.24, 2.45) is 0 Å². The monoisotopic (exact) mass is 338 g/mol. The number of rotatable bonds is 2. The highest BCUT2D eigenvalue weighted by Crippen LogP contribution is 2.21. The molecule has 0 unspecified atom stereocenters. The standard InChI is InChI=1S/C19H22N4O2/c24-18-10-9-17(20-23(18)15-6-2-1-3-7-15)19(25)22-13-12-21-11-5-4-8-16(21)14-22/h1-3,6-7,9-10,16H,4-5,8,11-14H2/t16-/m1/s1. The lowest BCUT2D eigenvalue weighted by Gasteiger charge is -2.43. The molecule has 2 aromatic rings. The van der Waals surface area contributed by atoms with Crippen LogP contribution < -0.4 is 5.56 Å². The Morgan fingerprint density at radius 2 is 1.84 bits per heavy atom. The van der Waals surface area contributed by atoms with E-state index in [1.54, 1.807) is 0 Å². The van der Waals surface area contributed by atoms with Gasteiger partial charge < -0.3 is 4.90 Å². The molecular formula is C19H22N4O2. The van der Waals surface area contributed by atoms with E-state index in [1.807, 2.05) is 35.2 Å². The number of carbonyl (C=O) groups excluding carboxylic acids is 1. The van der Waals surface area contributed by atoms with E-state index in [1.165, 1.54) is 29.7 Å². The lowest BCUT2D eigenvalue weighted by Crippen LogP contribution is -2.56. The van der Waals surface area contributed by atoms with Gasteiger partial charge in [-0.15, -0.1) is 0 Å². The Bertz CT molecular complexity index is 818. The highest BCUT2D eigenvalue weighted by atomic mass is 16.2. The highest BCUT2D eigenvalue weighted by Gasteiger charge is 2.31. The van der Waals surface area contributed by atoms with Crippen LogP contribution in [0, 0.1) is 0 Å². The molecular weight excluding hydrogens is 316 g/mol. The molecule has 1 atom stereocenters. The van der Waals surface area contributed by atoms with Crippen molar-refractivity contribution in [3.8, 4) is 5.69 Å². The smallest absolute Gasteiger partial charge is 0.274 e. The zero-order chi connectivity index (χ0) is 17.2. The first-order valence-corrected chi connectivity index (χ1v) is 8.91. The minimum atomic E-state index is -0.236. The Balaban J connectivity index is 1.57. The molecule has 0 N–H and O–H groups in total. The number of hydrogen-bond acceptors (Lipinski definition) is 4. The topological polar surface area (TPSA) is 58.4 Å². The number of piperazine rings is 1. The van der Waals surface area contributed by atoms with Crippen molar-refractivity contribution in [3.05, 3.63) is 58.5 Å². The number of hydrogen-bond donors (Lipinski definition) is 0. The molecule has 0 aliphatic carbocycles. The molecule has 2 aliphatic heterocycles. The molecule has 25 heavy (non-hydrogen) atoms. The first kappa shape index (κ1) is 16.0. The first-order valence-electron chi connectivity index (χ1n) is 8.91. The lowest BCUT2D eigenvalue weighted by molar-refractivity contribution is 0.0367. The Morgan fingerprint density at radius 1 is 1.00 bits per heavy atom. The van der Waals surface area contributed by atoms with Crippen LogP contribution in [0.2, 0.25) is 0 Å². The third-order valence-electron chi connectivity index (χ3n) is 5.14. The molecule has 6 nitrogen and oxygen atoms in total. The summed E-state index contributed by atoms with van der Waals surface area (Å²) in [5, 5.41) is 4.32. The minimum absolute atomic E-state index is 0.0881. The molecule has 1 amide bonds. The van der Waals surface area contributed by atoms with Crippen LogP contribution in [0.15, 0.2) is 47.3 Å². The Morgan fingerprint density at radius 3 is 2.68 bits per heavy atom. The van der Waals surface area contributed by atoms with Gasteiger partial charge in [-0.05, 0) is 37.6 Å². The van der Waals surface area contributed by atoms with Crippen molar-refractivity contribution in [1.82, 2.24) is 19.6 Å². The van der Waals surface area contributed by atoms with Gasteiger partial charge in [0.25, 0.3) is 11.5 Å². The first-order chi connectivity index (χ1) is 12.2. The van der Waals surface area contributed by atoms with Gasteiger partial charge in [0.2, 0.25) is 0 Å². The van der Waals surface area contributed by atoms with Gasteiger partial charge in [0, 0.05) is 31.7 Å². The van der Waals surface area contributed by atoms with Crippen LogP contribution in [0.5, 0.6) is 0 Å². The summed E-state index contributed by atoms with van der Waals surface area (Å²) in [5.74, 6) is -0.0881. The van der Waals surface area contributed by atoms with E-state index in [4.69, 9.17) is 0 Å².